The average molecular weight is 427 g/mol. The van der Waals surface area contributed by atoms with Crippen molar-refractivity contribution in [2.45, 2.75) is 46.0 Å². The Kier molecular flexibility index (Phi) is 6.56. The van der Waals surface area contributed by atoms with Gasteiger partial charge in [0.2, 0.25) is 5.91 Å². The number of primary amides is 1. The van der Waals surface area contributed by atoms with Gasteiger partial charge in [0.1, 0.15) is 0 Å². The van der Waals surface area contributed by atoms with E-state index >= 15 is 0 Å². The van der Waals surface area contributed by atoms with Gasteiger partial charge < -0.3 is 15.5 Å². The molecule has 1 aliphatic carbocycles. The van der Waals surface area contributed by atoms with Crippen LogP contribution in [0.25, 0.3) is 0 Å². The maximum atomic E-state index is 13.3. The summed E-state index contributed by atoms with van der Waals surface area (Å²) >= 11 is 0. The largest absolute Gasteiger partial charge is 0.371 e. The summed E-state index contributed by atoms with van der Waals surface area (Å²) in [6, 6.07) is 6.15. The Bertz CT molecular complexity index is 808. The van der Waals surface area contributed by atoms with Gasteiger partial charge >= 0.3 is 0 Å². The number of piperazine rings is 1. The monoisotopic (exact) mass is 426 g/mol. The topological polar surface area (TPSA) is 69.9 Å². The van der Waals surface area contributed by atoms with Crippen LogP contribution in [0.4, 0.5) is 5.69 Å². The zero-order valence-corrected chi connectivity index (χ0v) is 19.3. The van der Waals surface area contributed by atoms with Gasteiger partial charge in [0.25, 0.3) is 5.91 Å². The molecule has 0 spiro atoms. The minimum Gasteiger partial charge on any atom is -0.371 e. The van der Waals surface area contributed by atoms with Crippen LogP contribution in [0, 0.1) is 17.8 Å². The van der Waals surface area contributed by atoms with Crippen LogP contribution in [-0.2, 0) is 4.79 Å². The summed E-state index contributed by atoms with van der Waals surface area (Å²) in [7, 11) is 0. The summed E-state index contributed by atoms with van der Waals surface area (Å²) in [5.74, 6) is 1.29. The lowest BCUT2D eigenvalue weighted by atomic mass is 9.90. The molecule has 1 aromatic carbocycles. The molecule has 1 saturated carbocycles. The normalized spacial score (nSPS) is 29.1. The highest BCUT2D eigenvalue weighted by Gasteiger charge is 2.44. The quantitative estimate of drug-likeness (QED) is 0.759. The molecule has 2 saturated heterocycles. The number of hydrogen-bond donors (Lipinski definition) is 1. The van der Waals surface area contributed by atoms with Gasteiger partial charge in [-0.05, 0) is 61.3 Å². The minimum atomic E-state index is -0.207. The Hall–Kier alpha value is -2.08. The molecule has 2 aliphatic heterocycles. The van der Waals surface area contributed by atoms with Gasteiger partial charge in [0.05, 0.1) is 0 Å². The molecule has 4 atom stereocenters. The lowest BCUT2D eigenvalue weighted by molar-refractivity contribution is -0.119. The second-order valence-electron chi connectivity index (χ2n) is 10.1. The molecule has 4 unspecified atom stereocenters. The van der Waals surface area contributed by atoms with Crippen LogP contribution in [0.5, 0.6) is 0 Å². The molecule has 4 rings (SSSR count). The van der Waals surface area contributed by atoms with E-state index in [4.69, 9.17) is 5.73 Å². The third kappa shape index (κ3) is 4.89. The van der Waals surface area contributed by atoms with Gasteiger partial charge in [0, 0.05) is 56.4 Å². The van der Waals surface area contributed by atoms with Crippen molar-refractivity contribution in [3.63, 3.8) is 0 Å². The first kappa shape index (κ1) is 22.1. The molecule has 1 aromatic rings. The van der Waals surface area contributed by atoms with Crippen LogP contribution in [0.2, 0.25) is 0 Å². The zero-order valence-electron chi connectivity index (χ0n) is 19.3. The van der Waals surface area contributed by atoms with Gasteiger partial charge in [-0.3, -0.25) is 14.5 Å². The number of benzene rings is 1. The molecule has 0 aromatic heterocycles. The van der Waals surface area contributed by atoms with E-state index in [1.165, 1.54) is 12.0 Å². The van der Waals surface area contributed by atoms with E-state index < -0.39 is 0 Å². The number of anilines is 1. The molecular weight excluding hydrogens is 388 g/mol. The molecule has 3 aliphatic rings. The molecule has 6 heteroatoms. The first-order valence-corrected chi connectivity index (χ1v) is 12.1. The Balaban J connectivity index is 1.57. The molecule has 2 heterocycles. The van der Waals surface area contributed by atoms with Crippen LogP contribution in [0.3, 0.4) is 0 Å². The fourth-order valence-electron chi connectivity index (χ4n) is 5.65. The van der Waals surface area contributed by atoms with Crippen molar-refractivity contribution in [3.05, 3.63) is 29.3 Å². The lowest BCUT2D eigenvalue weighted by Gasteiger charge is -2.38. The molecule has 0 radical (unpaired) electrons. The second kappa shape index (κ2) is 9.19. The number of carbonyl (C=O) groups excluding carboxylic acids is 2. The van der Waals surface area contributed by atoms with E-state index in [0.717, 1.165) is 69.9 Å². The number of nitrogens with two attached hydrogens (primary N) is 1. The zero-order chi connectivity index (χ0) is 22.1. The van der Waals surface area contributed by atoms with Crippen LogP contribution < -0.4 is 10.6 Å². The summed E-state index contributed by atoms with van der Waals surface area (Å²) < 4.78 is 0. The Morgan fingerprint density at radius 2 is 1.71 bits per heavy atom. The fourth-order valence-corrected chi connectivity index (χ4v) is 5.65. The number of amides is 2. The standard InChI is InChI=1S/C25H38N4O2/c1-4-7-27-8-10-28(11-9-27)25(31)19-5-6-20(21-14-22(21)24(26)30)23(13-19)29-15-17(2)12-18(3)16-29/h5-6,13,17-18,21-22H,4,7-12,14-16H2,1-3H3,(H2,26,30). The van der Waals surface area contributed by atoms with Crippen molar-refractivity contribution in [2.75, 3.05) is 50.7 Å². The molecule has 2 amide bonds. The van der Waals surface area contributed by atoms with Crippen molar-refractivity contribution in [1.29, 1.82) is 0 Å². The van der Waals surface area contributed by atoms with Gasteiger partial charge in [-0.2, -0.15) is 0 Å². The first-order valence-electron chi connectivity index (χ1n) is 12.1. The predicted molar refractivity (Wildman–Crippen MR) is 124 cm³/mol. The lowest BCUT2D eigenvalue weighted by Crippen LogP contribution is -2.48. The van der Waals surface area contributed by atoms with Crippen LogP contribution in [-0.4, -0.2) is 67.4 Å². The second-order valence-corrected chi connectivity index (χ2v) is 10.1. The van der Waals surface area contributed by atoms with E-state index in [1.54, 1.807) is 0 Å². The molecule has 0 bridgehead atoms. The minimum absolute atomic E-state index is 0.0633. The number of nitrogens with zero attached hydrogens (tertiary/aromatic N) is 3. The summed E-state index contributed by atoms with van der Waals surface area (Å²) in [5, 5.41) is 0. The number of carbonyl (C=O) groups is 2. The first-order chi connectivity index (χ1) is 14.9. The third-order valence-electron chi connectivity index (χ3n) is 7.24. The fraction of sp³-hybridized carbons (Fsp3) is 0.680. The number of rotatable bonds is 6. The number of piperidine rings is 1. The van der Waals surface area contributed by atoms with Crippen molar-refractivity contribution in [1.82, 2.24) is 9.80 Å². The molecular formula is C25H38N4O2. The van der Waals surface area contributed by atoms with Crippen molar-refractivity contribution < 1.29 is 9.59 Å². The highest BCUT2D eigenvalue weighted by Crippen LogP contribution is 2.50. The highest BCUT2D eigenvalue weighted by atomic mass is 16.2. The molecule has 6 nitrogen and oxygen atoms in total. The summed E-state index contributed by atoms with van der Waals surface area (Å²) in [5.41, 5.74) is 8.69. The SMILES string of the molecule is CCCN1CCN(C(=O)c2ccc(C3CC3C(N)=O)c(N3CC(C)CC(C)C3)c2)CC1. The average Bonchev–Trinajstić information content (AvgIpc) is 3.54. The molecule has 31 heavy (non-hydrogen) atoms. The van der Waals surface area contributed by atoms with Crippen LogP contribution >= 0.6 is 0 Å². The van der Waals surface area contributed by atoms with Gasteiger partial charge in [0.15, 0.2) is 0 Å². The molecule has 2 N–H and O–H groups in total. The van der Waals surface area contributed by atoms with Gasteiger partial charge in [-0.1, -0.05) is 26.8 Å². The summed E-state index contributed by atoms with van der Waals surface area (Å²) in [6.07, 6.45) is 3.21. The van der Waals surface area contributed by atoms with Crippen LogP contribution in [0.15, 0.2) is 18.2 Å². The summed E-state index contributed by atoms with van der Waals surface area (Å²) in [4.78, 5) is 31.9. The van der Waals surface area contributed by atoms with E-state index in [-0.39, 0.29) is 23.7 Å². The molecule has 170 valence electrons. The smallest absolute Gasteiger partial charge is 0.254 e. The Labute approximate surface area is 186 Å². The Morgan fingerprint density at radius 3 is 2.29 bits per heavy atom. The summed E-state index contributed by atoms with van der Waals surface area (Å²) in [6.45, 7) is 13.4. The van der Waals surface area contributed by atoms with E-state index in [0.29, 0.717) is 11.8 Å². The van der Waals surface area contributed by atoms with E-state index in [1.807, 2.05) is 11.0 Å². The van der Waals surface area contributed by atoms with E-state index in [2.05, 4.69) is 42.7 Å². The van der Waals surface area contributed by atoms with E-state index in [9.17, 15) is 9.59 Å². The highest BCUT2D eigenvalue weighted by molar-refractivity contribution is 5.96. The van der Waals surface area contributed by atoms with Gasteiger partial charge in [-0.25, -0.2) is 0 Å². The van der Waals surface area contributed by atoms with Crippen molar-refractivity contribution >= 4 is 17.5 Å². The maximum Gasteiger partial charge on any atom is 0.254 e. The van der Waals surface area contributed by atoms with Crippen molar-refractivity contribution in [2.24, 2.45) is 23.5 Å². The van der Waals surface area contributed by atoms with Crippen LogP contribution in [0.1, 0.15) is 61.9 Å². The Morgan fingerprint density at radius 1 is 1.03 bits per heavy atom. The number of hydrogen-bond acceptors (Lipinski definition) is 4. The molecule has 3 fully saturated rings. The van der Waals surface area contributed by atoms with Gasteiger partial charge in [-0.15, -0.1) is 0 Å². The maximum absolute atomic E-state index is 13.3. The predicted octanol–water partition coefficient (Wildman–Crippen LogP) is 2.93. The third-order valence-corrected chi connectivity index (χ3v) is 7.24. The van der Waals surface area contributed by atoms with Crippen molar-refractivity contribution in [3.8, 4) is 0 Å².